The summed E-state index contributed by atoms with van der Waals surface area (Å²) in [5, 5.41) is 3.38. The molecule has 1 nitrogen and oxygen atoms in total. The fourth-order valence-electron chi connectivity index (χ4n) is 2.10. The van der Waals surface area contributed by atoms with E-state index in [0.717, 1.165) is 23.2 Å². The Labute approximate surface area is 114 Å². The van der Waals surface area contributed by atoms with E-state index in [1.165, 1.54) is 11.6 Å². The van der Waals surface area contributed by atoms with Crippen molar-refractivity contribution in [2.75, 3.05) is 0 Å². The van der Waals surface area contributed by atoms with E-state index < -0.39 is 0 Å². The SMILES string of the molecule is Cc1cccc(-c2cc(F)ccc2CNC(C)C)c1. The van der Waals surface area contributed by atoms with Crippen molar-refractivity contribution in [2.24, 2.45) is 0 Å². The van der Waals surface area contributed by atoms with Gasteiger partial charge in [-0.25, -0.2) is 4.39 Å². The van der Waals surface area contributed by atoms with Crippen LogP contribution in [0.2, 0.25) is 0 Å². The molecular weight excluding hydrogens is 237 g/mol. The molecule has 0 heterocycles. The summed E-state index contributed by atoms with van der Waals surface area (Å²) in [6.45, 7) is 7.02. The fraction of sp³-hybridized carbons (Fsp3) is 0.294. The van der Waals surface area contributed by atoms with Gasteiger partial charge in [0.25, 0.3) is 0 Å². The van der Waals surface area contributed by atoms with Gasteiger partial charge in [0.15, 0.2) is 0 Å². The first-order valence-corrected chi connectivity index (χ1v) is 6.65. The third-order valence-electron chi connectivity index (χ3n) is 3.10. The summed E-state index contributed by atoms with van der Waals surface area (Å²) in [7, 11) is 0. The lowest BCUT2D eigenvalue weighted by molar-refractivity contribution is 0.587. The highest BCUT2D eigenvalue weighted by Crippen LogP contribution is 2.25. The van der Waals surface area contributed by atoms with Gasteiger partial charge in [-0.15, -0.1) is 0 Å². The molecule has 1 N–H and O–H groups in total. The lowest BCUT2D eigenvalue weighted by atomic mass is 9.98. The molecule has 0 saturated heterocycles. The van der Waals surface area contributed by atoms with E-state index >= 15 is 0 Å². The minimum absolute atomic E-state index is 0.190. The van der Waals surface area contributed by atoms with Crippen molar-refractivity contribution < 1.29 is 4.39 Å². The van der Waals surface area contributed by atoms with E-state index in [-0.39, 0.29) is 5.82 Å². The Hall–Kier alpha value is -1.67. The van der Waals surface area contributed by atoms with Gasteiger partial charge in [-0.2, -0.15) is 0 Å². The molecule has 0 amide bonds. The molecule has 0 spiro atoms. The Morgan fingerprint density at radius 2 is 1.89 bits per heavy atom. The first-order valence-electron chi connectivity index (χ1n) is 6.65. The van der Waals surface area contributed by atoms with Crippen LogP contribution in [0.1, 0.15) is 25.0 Å². The van der Waals surface area contributed by atoms with Gasteiger partial charge in [-0.05, 0) is 35.7 Å². The molecule has 0 aliphatic rings. The third kappa shape index (κ3) is 3.65. The van der Waals surface area contributed by atoms with Gasteiger partial charge < -0.3 is 5.32 Å². The number of hydrogen-bond donors (Lipinski definition) is 1. The van der Waals surface area contributed by atoms with Crippen molar-refractivity contribution in [1.29, 1.82) is 0 Å². The van der Waals surface area contributed by atoms with Crippen LogP contribution in [-0.4, -0.2) is 6.04 Å². The third-order valence-corrected chi connectivity index (χ3v) is 3.10. The van der Waals surface area contributed by atoms with E-state index in [1.54, 1.807) is 6.07 Å². The second kappa shape index (κ2) is 5.98. The minimum atomic E-state index is -0.190. The Balaban J connectivity index is 2.39. The topological polar surface area (TPSA) is 12.0 Å². The Bertz CT molecular complexity index is 561. The minimum Gasteiger partial charge on any atom is -0.310 e. The number of halogens is 1. The number of hydrogen-bond acceptors (Lipinski definition) is 1. The quantitative estimate of drug-likeness (QED) is 0.861. The molecule has 0 aromatic heterocycles. The van der Waals surface area contributed by atoms with E-state index in [9.17, 15) is 4.39 Å². The van der Waals surface area contributed by atoms with Crippen molar-refractivity contribution in [3.63, 3.8) is 0 Å². The van der Waals surface area contributed by atoms with E-state index in [1.807, 2.05) is 18.2 Å². The van der Waals surface area contributed by atoms with E-state index in [0.29, 0.717) is 6.04 Å². The molecule has 19 heavy (non-hydrogen) atoms. The number of benzene rings is 2. The zero-order valence-electron chi connectivity index (χ0n) is 11.7. The van der Waals surface area contributed by atoms with Crippen molar-refractivity contribution in [1.82, 2.24) is 5.32 Å². The maximum absolute atomic E-state index is 13.5. The average Bonchev–Trinajstić information content (AvgIpc) is 2.37. The highest BCUT2D eigenvalue weighted by Gasteiger charge is 2.07. The largest absolute Gasteiger partial charge is 0.310 e. The van der Waals surface area contributed by atoms with Gasteiger partial charge >= 0.3 is 0 Å². The second-order valence-electron chi connectivity index (χ2n) is 5.21. The summed E-state index contributed by atoms with van der Waals surface area (Å²) >= 11 is 0. The lowest BCUT2D eigenvalue weighted by Crippen LogP contribution is -2.22. The van der Waals surface area contributed by atoms with Gasteiger partial charge in [-0.1, -0.05) is 49.7 Å². The molecule has 0 bridgehead atoms. The molecule has 0 atom stereocenters. The van der Waals surface area contributed by atoms with E-state index in [4.69, 9.17) is 0 Å². The summed E-state index contributed by atoms with van der Waals surface area (Å²) in [5.41, 5.74) is 4.35. The highest BCUT2D eigenvalue weighted by atomic mass is 19.1. The molecule has 0 aliphatic heterocycles. The van der Waals surface area contributed by atoms with Crippen LogP contribution in [0.4, 0.5) is 4.39 Å². The lowest BCUT2D eigenvalue weighted by Gasteiger charge is -2.13. The average molecular weight is 257 g/mol. The van der Waals surface area contributed by atoms with Crippen molar-refractivity contribution in [3.8, 4) is 11.1 Å². The van der Waals surface area contributed by atoms with Crippen LogP contribution in [0, 0.1) is 12.7 Å². The summed E-state index contributed by atoms with van der Waals surface area (Å²) < 4.78 is 13.5. The Morgan fingerprint density at radius 3 is 2.58 bits per heavy atom. The van der Waals surface area contributed by atoms with Gasteiger partial charge in [0.1, 0.15) is 5.82 Å². The molecule has 0 saturated carbocycles. The Kier molecular flexibility index (Phi) is 4.33. The van der Waals surface area contributed by atoms with Gasteiger partial charge in [0.2, 0.25) is 0 Å². The smallest absolute Gasteiger partial charge is 0.123 e. The number of aryl methyl sites for hydroxylation is 1. The number of rotatable bonds is 4. The number of nitrogens with one attached hydrogen (secondary N) is 1. The van der Waals surface area contributed by atoms with Crippen LogP contribution in [-0.2, 0) is 6.54 Å². The summed E-state index contributed by atoms with van der Waals surface area (Å²) in [6, 6.07) is 13.6. The molecule has 0 unspecified atom stereocenters. The van der Waals surface area contributed by atoms with Crippen LogP contribution in [0.3, 0.4) is 0 Å². The summed E-state index contributed by atoms with van der Waals surface area (Å²) in [4.78, 5) is 0. The molecule has 0 fully saturated rings. The molecule has 2 rings (SSSR count). The molecule has 2 aromatic carbocycles. The molecule has 0 aliphatic carbocycles. The van der Waals surface area contributed by atoms with Gasteiger partial charge in [0, 0.05) is 12.6 Å². The van der Waals surface area contributed by atoms with Crippen LogP contribution in [0.15, 0.2) is 42.5 Å². The van der Waals surface area contributed by atoms with Crippen molar-refractivity contribution in [2.45, 2.75) is 33.4 Å². The first-order chi connectivity index (χ1) is 9.06. The fourth-order valence-corrected chi connectivity index (χ4v) is 2.10. The predicted molar refractivity (Wildman–Crippen MR) is 78.5 cm³/mol. The van der Waals surface area contributed by atoms with Crippen molar-refractivity contribution >= 4 is 0 Å². The summed E-state index contributed by atoms with van der Waals surface area (Å²) in [5.74, 6) is -0.190. The van der Waals surface area contributed by atoms with Crippen LogP contribution < -0.4 is 5.32 Å². The zero-order valence-corrected chi connectivity index (χ0v) is 11.7. The normalized spacial score (nSPS) is 11.0. The van der Waals surface area contributed by atoms with E-state index in [2.05, 4.69) is 38.2 Å². The standard InChI is InChI=1S/C17H20FN/c1-12(2)19-11-15-7-8-16(18)10-17(15)14-6-4-5-13(3)9-14/h4-10,12,19H,11H2,1-3H3. The van der Waals surface area contributed by atoms with Crippen LogP contribution in [0.5, 0.6) is 0 Å². The molecule has 2 aromatic rings. The van der Waals surface area contributed by atoms with Gasteiger partial charge in [0.05, 0.1) is 0 Å². The molecule has 100 valence electrons. The van der Waals surface area contributed by atoms with Crippen LogP contribution in [0.25, 0.3) is 11.1 Å². The maximum atomic E-state index is 13.5. The van der Waals surface area contributed by atoms with Crippen molar-refractivity contribution in [3.05, 3.63) is 59.4 Å². The van der Waals surface area contributed by atoms with Crippen LogP contribution >= 0.6 is 0 Å². The maximum Gasteiger partial charge on any atom is 0.123 e. The first kappa shape index (κ1) is 13.8. The van der Waals surface area contributed by atoms with Gasteiger partial charge in [-0.3, -0.25) is 0 Å². The molecule has 2 heteroatoms. The monoisotopic (exact) mass is 257 g/mol. The molecule has 0 radical (unpaired) electrons. The second-order valence-corrected chi connectivity index (χ2v) is 5.21. The zero-order chi connectivity index (χ0) is 13.8. The highest BCUT2D eigenvalue weighted by molar-refractivity contribution is 5.68. The Morgan fingerprint density at radius 1 is 1.11 bits per heavy atom. The summed E-state index contributed by atoms with van der Waals surface area (Å²) in [6.07, 6.45) is 0. The predicted octanol–water partition coefficient (Wildman–Crippen LogP) is 4.30. The molecular formula is C17H20FN.